The van der Waals surface area contributed by atoms with E-state index in [1.165, 1.54) is 10.4 Å². The topological polar surface area (TPSA) is 30.0 Å². The van der Waals surface area contributed by atoms with Gasteiger partial charge in [0.1, 0.15) is 0 Å². The minimum atomic E-state index is 0.170. The number of Topliss-reactive ketones (excluding diaryl/α,β-unsaturated/α-hetero) is 1. The van der Waals surface area contributed by atoms with Gasteiger partial charge in [-0.1, -0.05) is 24.3 Å². The van der Waals surface area contributed by atoms with E-state index in [0.717, 1.165) is 30.5 Å². The Balaban J connectivity index is 1.70. The Kier molecular flexibility index (Phi) is 3.00. The van der Waals surface area contributed by atoms with Crippen molar-refractivity contribution in [3.8, 4) is 0 Å². The Morgan fingerprint density at radius 1 is 1.39 bits per heavy atom. The fourth-order valence-corrected chi connectivity index (χ4v) is 3.42. The highest BCUT2D eigenvalue weighted by molar-refractivity contribution is 7.09. The van der Waals surface area contributed by atoms with Gasteiger partial charge in [-0.25, -0.2) is 4.98 Å². The molecule has 0 bridgehead atoms. The summed E-state index contributed by atoms with van der Waals surface area (Å²) < 4.78 is 0. The lowest BCUT2D eigenvalue weighted by Crippen LogP contribution is -2.10. The number of benzene rings is 1. The third-order valence-electron chi connectivity index (χ3n) is 3.68. The number of ketones is 1. The van der Waals surface area contributed by atoms with Gasteiger partial charge in [0.15, 0.2) is 5.78 Å². The molecule has 1 atom stereocenters. The zero-order valence-corrected chi connectivity index (χ0v) is 11.2. The normalized spacial score (nSPS) is 18.1. The molecule has 0 saturated heterocycles. The van der Waals surface area contributed by atoms with Crippen LogP contribution < -0.4 is 0 Å². The van der Waals surface area contributed by atoms with Crippen LogP contribution in [0.15, 0.2) is 29.8 Å². The molecule has 0 amide bonds. The number of aromatic nitrogens is 1. The molecule has 2 aromatic rings. The lowest BCUT2D eigenvalue weighted by molar-refractivity contribution is 0.0931. The van der Waals surface area contributed by atoms with Crippen molar-refractivity contribution in [2.75, 3.05) is 0 Å². The summed E-state index contributed by atoms with van der Waals surface area (Å²) in [6.07, 6.45) is 2.82. The molecule has 0 radical (unpaired) electrons. The van der Waals surface area contributed by atoms with Crippen LogP contribution in [0.2, 0.25) is 0 Å². The van der Waals surface area contributed by atoms with Crippen LogP contribution >= 0.6 is 11.3 Å². The average molecular weight is 257 g/mol. The quantitative estimate of drug-likeness (QED) is 0.843. The third kappa shape index (κ3) is 1.99. The highest BCUT2D eigenvalue weighted by atomic mass is 32.1. The van der Waals surface area contributed by atoms with Crippen molar-refractivity contribution < 1.29 is 4.79 Å². The monoisotopic (exact) mass is 257 g/mol. The highest BCUT2D eigenvalue weighted by Crippen LogP contribution is 2.30. The summed E-state index contributed by atoms with van der Waals surface area (Å²) in [6.45, 7) is 2.04. The molecule has 0 saturated carbocycles. The fourth-order valence-electron chi connectivity index (χ4n) is 2.62. The number of thiazole rings is 1. The highest BCUT2D eigenvalue weighted by Gasteiger charge is 2.29. The molecule has 1 aromatic heterocycles. The third-order valence-corrected chi connectivity index (χ3v) is 4.68. The second-order valence-electron chi connectivity index (χ2n) is 4.82. The van der Waals surface area contributed by atoms with E-state index in [1.807, 2.05) is 30.6 Å². The van der Waals surface area contributed by atoms with Crippen LogP contribution in [0.1, 0.15) is 32.9 Å². The molecular formula is C15H15NOS. The lowest BCUT2D eigenvalue weighted by Gasteiger charge is -2.06. The number of carbonyl (C=O) groups is 1. The number of carbonyl (C=O) groups excluding carboxylic acids is 1. The van der Waals surface area contributed by atoms with Crippen molar-refractivity contribution in [2.45, 2.75) is 26.2 Å². The molecule has 0 fully saturated rings. The van der Waals surface area contributed by atoms with Gasteiger partial charge in [0.25, 0.3) is 0 Å². The first-order chi connectivity index (χ1) is 8.75. The molecule has 0 aliphatic heterocycles. The van der Waals surface area contributed by atoms with Crippen LogP contribution in [0.4, 0.5) is 0 Å². The zero-order valence-electron chi connectivity index (χ0n) is 10.3. The molecular weight excluding hydrogens is 242 g/mol. The summed E-state index contributed by atoms with van der Waals surface area (Å²) in [6, 6.07) is 8.00. The maximum absolute atomic E-state index is 12.2. The van der Waals surface area contributed by atoms with Crippen molar-refractivity contribution in [3.63, 3.8) is 0 Å². The van der Waals surface area contributed by atoms with Gasteiger partial charge >= 0.3 is 0 Å². The fraction of sp³-hybridized carbons (Fsp3) is 0.333. The molecule has 2 nitrogen and oxygen atoms in total. The van der Waals surface area contributed by atoms with Gasteiger partial charge in [-0.05, 0) is 31.7 Å². The Labute approximate surface area is 111 Å². The van der Waals surface area contributed by atoms with E-state index in [2.05, 4.69) is 11.1 Å². The van der Waals surface area contributed by atoms with Crippen molar-refractivity contribution in [1.29, 1.82) is 0 Å². The molecule has 92 valence electrons. The van der Waals surface area contributed by atoms with Crippen molar-refractivity contribution in [1.82, 2.24) is 4.98 Å². The van der Waals surface area contributed by atoms with Crippen LogP contribution in [0.5, 0.6) is 0 Å². The molecule has 0 N–H and O–H groups in total. The lowest BCUT2D eigenvalue weighted by atomic mass is 9.98. The Hall–Kier alpha value is -1.48. The van der Waals surface area contributed by atoms with Gasteiger partial charge in [-0.3, -0.25) is 4.79 Å². The first kappa shape index (κ1) is 11.6. The number of nitrogens with zero attached hydrogens (tertiary/aromatic N) is 1. The van der Waals surface area contributed by atoms with Crippen molar-refractivity contribution >= 4 is 17.1 Å². The molecule has 1 aromatic carbocycles. The molecule has 3 rings (SSSR count). The Bertz CT molecular complexity index is 588. The first-order valence-corrected chi connectivity index (χ1v) is 7.15. The second kappa shape index (κ2) is 4.65. The first-order valence-electron chi connectivity index (χ1n) is 6.27. The summed E-state index contributed by atoms with van der Waals surface area (Å²) in [5, 5.41) is 0. The summed E-state index contributed by atoms with van der Waals surface area (Å²) in [5.41, 5.74) is 5.15. The standard InChI is InChI=1S/C15H15NOS/c1-10-14(18-9-16-10)7-6-12-8-11-4-2-3-5-13(11)15(12)17/h2-5,9,12H,6-8H2,1H3. The van der Waals surface area contributed by atoms with Crippen LogP contribution in [-0.2, 0) is 12.8 Å². The predicted octanol–water partition coefficient (Wildman–Crippen LogP) is 3.44. The van der Waals surface area contributed by atoms with E-state index >= 15 is 0 Å². The average Bonchev–Trinajstić information content (AvgIpc) is 2.92. The van der Waals surface area contributed by atoms with E-state index in [1.54, 1.807) is 11.3 Å². The molecule has 1 aliphatic rings. The molecule has 0 spiro atoms. The maximum atomic E-state index is 12.2. The Morgan fingerprint density at radius 3 is 2.94 bits per heavy atom. The summed E-state index contributed by atoms with van der Waals surface area (Å²) in [5.74, 6) is 0.497. The van der Waals surface area contributed by atoms with Gasteiger partial charge < -0.3 is 0 Å². The maximum Gasteiger partial charge on any atom is 0.166 e. The number of hydrogen-bond donors (Lipinski definition) is 0. The van der Waals surface area contributed by atoms with Crippen molar-refractivity contribution in [3.05, 3.63) is 51.5 Å². The smallest absolute Gasteiger partial charge is 0.166 e. The molecule has 1 aliphatic carbocycles. The minimum absolute atomic E-state index is 0.170. The summed E-state index contributed by atoms with van der Waals surface area (Å²) >= 11 is 1.70. The van der Waals surface area contributed by atoms with E-state index in [0.29, 0.717) is 5.78 Å². The molecule has 1 heterocycles. The van der Waals surface area contributed by atoms with Crippen LogP contribution in [0.25, 0.3) is 0 Å². The van der Waals surface area contributed by atoms with Crippen LogP contribution in [-0.4, -0.2) is 10.8 Å². The molecule has 18 heavy (non-hydrogen) atoms. The minimum Gasteiger partial charge on any atom is -0.294 e. The van der Waals surface area contributed by atoms with Gasteiger partial charge in [0, 0.05) is 16.4 Å². The van der Waals surface area contributed by atoms with Crippen LogP contribution in [0.3, 0.4) is 0 Å². The summed E-state index contributed by atoms with van der Waals surface area (Å²) in [7, 11) is 0. The van der Waals surface area contributed by atoms with E-state index in [-0.39, 0.29) is 5.92 Å². The van der Waals surface area contributed by atoms with Gasteiger partial charge in [0.05, 0.1) is 11.2 Å². The number of hydrogen-bond acceptors (Lipinski definition) is 3. The van der Waals surface area contributed by atoms with E-state index in [9.17, 15) is 4.79 Å². The Morgan fingerprint density at radius 2 is 2.22 bits per heavy atom. The van der Waals surface area contributed by atoms with Crippen LogP contribution in [0, 0.1) is 12.8 Å². The largest absolute Gasteiger partial charge is 0.294 e. The number of fused-ring (bicyclic) bond motifs is 1. The summed E-state index contributed by atoms with van der Waals surface area (Å²) in [4.78, 5) is 17.8. The van der Waals surface area contributed by atoms with Crippen molar-refractivity contribution in [2.24, 2.45) is 5.92 Å². The number of aryl methyl sites for hydroxylation is 2. The second-order valence-corrected chi connectivity index (χ2v) is 5.76. The van der Waals surface area contributed by atoms with Gasteiger partial charge in [-0.15, -0.1) is 11.3 Å². The van der Waals surface area contributed by atoms with Gasteiger partial charge in [-0.2, -0.15) is 0 Å². The zero-order chi connectivity index (χ0) is 12.5. The molecule has 1 unspecified atom stereocenters. The van der Waals surface area contributed by atoms with E-state index < -0.39 is 0 Å². The van der Waals surface area contributed by atoms with Gasteiger partial charge in [0.2, 0.25) is 0 Å². The number of rotatable bonds is 3. The van der Waals surface area contributed by atoms with E-state index in [4.69, 9.17) is 0 Å². The SMILES string of the molecule is Cc1ncsc1CCC1Cc2ccccc2C1=O. The predicted molar refractivity (Wildman–Crippen MR) is 73.1 cm³/mol. The molecule has 3 heteroatoms.